The Bertz CT molecular complexity index is 673. The number of rotatable bonds is 2. The molecule has 1 N–H and O–H groups in total. The molecule has 114 valence electrons. The molecular weight excluding hydrogens is 296 g/mol. The second-order valence-corrected chi connectivity index (χ2v) is 5.21. The molecule has 5 heteroatoms. The Morgan fingerprint density at radius 2 is 1.86 bits per heavy atom. The smallest absolute Gasteiger partial charge is 0.146 e. The van der Waals surface area contributed by atoms with Crippen molar-refractivity contribution >= 4 is 18.2 Å². The number of aryl methyl sites for hydroxylation is 1. The van der Waals surface area contributed by atoms with Gasteiger partial charge >= 0.3 is 0 Å². The van der Waals surface area contributed by atoms with Crippen LogP contribution >= 0.6 is 12.4 Å². The highest BCUT2D eigenvalue weighted by Crippen LogP contribution is 2.28. The number of nitrogens with one attached hydrogen (secondary N) is 1. The van der Waals surface area contributed by atoms with E-state index < -0.39 is 0 Å². The van der Waals surface area contributed by atoms with Gasteiger partial charge in [-0.1, -0.05) is 30.3 Å². The van der Waals surface area contributed by atoms with Crippen LogP contribution in [-0.2, 0) is 0 Å². The number of aromatic nitrogens is 1. The van der Waals surface area contributed by atoms with E-state index in [-0.39, 0.29) is 12.4 Å². The summed E-state index contributed by atoms with van der Waals surface area (Å²) in [6, 6.07) is 14.4. The fourth-order valence-corrected chi connectivity index (χ4v) is 2.70. The average molecular weight is 315 g/mol. The van der Waals surface area contributed by atoms with Crippen LogP contribution in [-0.4, -0.2) is 31.2 Å². The van der Waals surface area contributed by atoms with Gasteiger partial charge in [-0.3, -0.25) is 0 Å². The molecule has 22 heavy (non-hydrogen) atoms. The van der Waals surface area contributed by atoms with Gasteiger partial charge in [-0.25, -0.2) is 4.98 Å². The molecule has 1 aliphatic rings. The molecule has 4 nitrogen and oxygen atoms in total. The Kier molecular flexibility index (Phi) is 5.37. The first-order valence-corrected chi connectivity index (χ1v) is 7.22. The van der Waals surface area contributed by atoms with Gasteiger partial charge < -0.3 is 10.2 Å². The zero-order valence-electron chi connectivity index (χ0n) is 12.5. The van der Waals surface area contributed by atoms with E-state index in [1.54, 1.807) is 0 Å². The second-order valence-electron chi connectivity index (χ2n) is 5.21. The van der Waals surface area contributed by atoms with Crippen molar-refractivity contribution in [1.29, 1.82) is 5.26 Å². The normalized spacial score (nSPS) is 14.1. The van der Waals surface area contributed by atoms with E-state index in [1.165, 1.54) is 0 Å². The Balaban J connectivity index is 0.00000176. The number of hydrogen-bond acceptors (Lipinski definition) is 4. The van der Waals surface area contributed by atoms with Crippen LogP contribution in [0.25, 0.3) is 11.1 Å². The second kappa shape index (κ2) is 7.26. The third kappa shape index (κ3) is 3.22. The fraction of sp³-hybridized carbons (Fsp3) is 0.294. The Labute approximate surface area is 137 Å². The molecule has 1 aliphatic heterocycles. The maximum Gasteiger partial charge on any atom is 0.146 e. The Morgan fingerprint density at radius 1 is 1.18 bits per heavy atom. The molecule has 2 heterocycles. The summed E-state index contributed by atoms with van der Waals surface area (Å²) in [5.41, 5.74) is 3.76. The number of piperazine rings is 1. The largest absolute Gasteiger partial charge is 0.353 e. The van der Waals surface area contributed by atoms with E-state index >= 15 is 0 Å². The number of nitrogens with zero attached hydrogens (tertiary/aromatic N) is 3. The highest BCUT2D eigenvalue weighted by atomic mass is 35.5. The van der Waals surface area contributed by atoms with E-state index in [1.807, 2.05) is 31.2 Å². The third-order valence-corrected chi connectivity index (χ3v) is 3.81. The average Bonchev–Trinajstić information content (AvgIpc) is 2.56. The van der Waals surface area contributed by atoms with Crippen molar-refractivity contribution in [3.63, 3.8) is 0 Å². The van der Waals surface area contributed by atoms with E-state index in [4.69, 9.17) is 4.98 Å². The van der Waals surface area contributed by atoms with E-state index in [2.05, 4.69) is 28.4 Å². The molecule has 0 spiro atoms. The maximum atomic E-state index is 9.48. The molecule has 2 aromatic rings. The standard InChI is InChI=1S/C17H18N4.ClH/c1-13-16(14-5-3-2-4-6-14)11-15(12-18)17(20-13)21-9-7-19-8-10-21;/h2-6,11,19H,7-10H2,1H3;1H. The summed E-state index contributed by atoms with van der Waals surface area (Å²) in [7, 11) is 0. The molecule has 0 atom stereocenters. The molecule has 0 radical (unpaired) electrons. The molecule has 0 amide bonds. The van der Waals surface area contributed by atoms with Crippen LogP contribution in [0.5, 0.6) is 0 Å². The van der Waals surface area contributed by atoms with Crippen LogP contribution < -0.4 is 10.2 Å². The summed E-state index contributed by atoms with van der Waals surface area (Å²) in [6.07, 6.45) is 0. The Hall–Kier alpha value is -2.09. The monoisotopic (exact) mass is 314 g/mol. The first kappa shape index (κ1) is 16.3. The van der Waals surface area contributed by atoms with Crippen LogP contribution in [0.2, 0.25) is 0 Å². The lowest BCUT2D eigenvalue weighted by molar-refractivity contribution is 0.584. The van der Waals surface area contributed by atoms with Crippen LogP contribution in [0.15, 0.2) is 36.4 Å². The van der Waals surface area contributed by atoms with Gasteiger partial charge in [0.2, 0.25) is 0 Å². The number of halogens is 1. The van der Waals surface area contributed by atoms with Crippen LogP contribution in [0.3, 0.4) is 0 Å². The summed E-state index contributed by atoms with van der Waals surface area (Å²) in [6.45, 7) is 5.67. The number of pyridine rings is 1. The minimum Gasteiger partial charge on any atom is -0.353 e. The summed E-state index contributed by atoms with van der Waals surface area (Å²) >= 11 is 0. The van der Waals surface area contributed by atoms with Crippen LogP contribution in [0, 0.1) is 18.3 Å². The van der Waals surface area contributed by atoms with Crippen molar-refractivity contribution in [2.24, 2.45) is 0 Å². The predicted octanol–water partition coefficient (Wildman–Crippen LogP) is 2.76. The van der Waals surface area contributed by atoms with Gasteiger partial charge in [0.1, 0.15) is 11.9 Å². The lowest BCUT2D eigenvalue weighted by atomic mass is 10.0. The molecule has 0 saturated carbocycles. The third-order valence-electron chi connectivity index (χ3n) is 3.81. The quantitative estimate of drug-likeness (QED) is 0.926. The molecule has 1 aromatic carbocycles. The van der Waals surface area contributed by atoms with Crippen molar-refractivity contribution in [1.82, 2.24) is 10.3 Å². The molecular formula is C17H19ClN4. The lowest BCUT2D eigenvalue weighted by Gasteiger charge is -2.29. The number of nitriles is 1. The van der Waals surface area contributed by atoms with Crippen molar-refractivity contribution in [3.8, 4) is 17.2 Å². The zero-order chi connectivity index (χ0) is 14.7. The van der Waals surface area contributed by atoms with Gasteiger partial charge in [-0.05, 0) is 18.6 Å². The maximum absolute atomic E-state index is 9.48. The van der Waals surface area contributed by atoms with E-state index in [0.717, 1.165) is 48.8 Å². The summed E-state index contributed by atoms with van der Waals surface area (Å²) in [5, 5.41) is 12.8. The molecule has 1 aromatic heterocycles. The van der Waals surface area contributed by atoms with Gasteiger partial charge in [0, 0.05) is 37.4 Å². The minimum absolute atomic E-state index is 0. The number of anilines is 1. The van der Waals surface area contributed by atoms with Crippen molar-refractivity contribution in [2.75, 3.05) is 31.1 Å². The first-order chi connectivity index (χ1) is 10.3. The summed E-state index contributed by atoms with van der Waals surface area (Å²) in [5.74, 6) is 0.816. The van der Waals surface area contributed by atoms with Gasteiger partial charge in [-0.15, -0.1) is 12.4 Å². The topological polar surface area (TPSA) is 52.0 Å². The summed E-state index contributed by atoms with van der Waals surface area (Å²) < 4.78 is 0. The van der Waals surface area contributed by atoms with E-state index in [0.29, 0.717) is 5.56 Å². The highest BCUT2D eigenvalue weighted by molar-refractivity contribution is 5.85. The molecule has 1 saturated heterocycles. The highest BCUT2D eigenvalue weighted by Gasteiger charge is 2.18. The van der Waals surface area contributed by atoms with Gasteiger partial charge in [0.25, 0.3) is 0 Å². The summed E-state index contributed by atoms with van der Waals surface area (Å²) in [4.78, 5) is 6.91. The number of hydrogen-bond donors (Lipinski definition) is 1. The molecule has 3 rings (SSSR count). The molecule has 1 fully saturated rings. The Morgan fingerprint density at radius 3 is 2.50 bits per heavy atom. The van der Waals surface area contributed by atoms with Crippen molar-refractivity contribution in [2.45, 2.75) is 6.92 Å². The van der Waals surface area contributed by atoms with Gasteiger partial charge in [-0.2, -0.15) is 5.26 Å². The molecule has 0 unspecified atom stereocenters. The SMILES string of the molecule is Cc1nc(N2CCNCC2)c(C#N)cc1-c1ccccc1.Cl. The van der Waals surface area contributed by atoms with Gasteiger partial charge in [0.15, 0.2) is 0 Å². The molecule has 0 aliphatic carbocycles. The van der Waals surface area contributed by atoms with Crippen molar-refractivity contribution < 1.29 is 0 Å². The number of benzene rings is 1. The van der Waals surface area contributed by atoms with Gasteiger partial charge in [0.05, 0.1) is 5.56 Å². The molecule has 0 bridgehead atoms. The van der Waals surface area contributed by atoms with Crippen LogP contribution in [0.1, 0.15) is 11.3 Å². The van der Waals surface area contributed by atoms with E-state index in [9.17, 15) is 5.26 Å². The lowest BCUT2D eigenvalue weighted by Crippen LogP contribution is -2.44. The van der Waals surface area contributed by atoms with Crippen LogP contribution in [0.4, 0.5) is 5.82 Å². The minimum atomic E-state index is 0. The zero-order valence-corrected chi connectivity index (χ0v) is 13.4. The fourth-order valence-electron chi connectivity index (χ4n) is 2.70. The predicted molar refractivity (Wildman–Crippen MR) is 91.5 cm³/mol. The van der Waals surface area contributed by atoms with Crippen molar-refractivity contribution in [3.05, 3.63) is 47.7 Å². The first-order valence-electron chi connectivity index (χ1n) is 7.22.